The standard InChI is InChI=1S/C19H29N3O3S/c1-21(14-19(24)25)15-6-5-11-22(12-9-15)13-10-18(23)20-16-7-3-4-8-17(16)26-2/h3-4,7-8,15H,5-6,9-14H2,1-2H3,(H,20,23)(H,24,25). The zero-order chi connectivity index (χ0) is 18.9. The van der Waals surface area contributed by atoms with Crippen LogP contribution in [0, 0.1) is 0 Å². The maximum Gasteiger partial charge on any atom is 0.317 e. The Labute approximate surface area is 159 Å². The summed E-state index contributed by atoms with van der Waals surface area (Å²) < 4.78 is 0. The van der Waals surface area contributed by atoms with E-state index in [1.54, 1.807) is 11.8 Å². The first kappa shape index (κ1) is 20.7. The second kappa shape index (κ2) is 10.5. The number of benzene rings is 1. The minimum Gasteiger partial charge on any atom is -0.480 e. The summed E-state index contributed by atoms with van der Waals surface area (Å²) in [5, 5.41) is 11.9. The van der Waals surface area contributed by atoms with Gasteiger partial charge in [-0.2, -0.15) is 0 Å². The van der Waals surface area contributed by atoms with Crippen molar-refractivity contribution in [2.24, 2.45) is 0 Å². The van der Waals surface area contributed by atoms with Crippen molar-refractivity contribution in [3.05, 3.63) is 24.3 Å². The van der Waals surface area contributed by atoms with Crippen molar-refractivity contribution in [3.63, 3.8) is 0 Å². The van der Waals surface area contributed by atoms with E-state index in [1.165, 1.54) is 0 Å². The fraction of sp³-hybridized carbons (Fsp3) is 0.579. The fourth-order valence-corrected chi connectivity index (χ4v) is 3.92. The average molecular weight is 380 g/mol. The molecular formula is C19H29N3O3S. The highest BCUT2D eigenvalue weighted by molar-refractivity contribution is 7.98. The molecule has 2 N–H and O–H groups in total. The smallest absolute Gasteiger partial charge is 0.317 e. The lowest BCUT2D eigenvalue weighted by Crippen LogP contribution is -2.36. The molecule has 0 aromatic heterocycles. The van der Waals surface area contributed by atoms with Crippen molar-refractivity contribution in [1.29, 1.82) is 0 Å². The monoisotopic (exact) mass is 379 g/mol. The summed E-state index contributed by atoms with van der Waals surface area (Å²) in [6, 6.07) is 8.13. The van der Waals surface area contributed by atoms with Crippen LogP contribution in [0.1, 0.15) is 25.7 Å². The molecule has 0 spiro atoms. The summed E-state index contributed by atoms with van der Waals surface area (Å²) in [6.07, 6.45) is 5.46. The van der Waals surface area contributed by atoms with Crippen molar-refractivity contribution in [2.75, 3.05) is 44.8 Å². The third-order valence-corrected chi connectivity index (χ3v) is 5.63. The number of nitrogens with zero attached hydrogens (tertiary/aromatic N) is 2. The molecule has 0 radical (unpaired) electrons. The van der Waals surface area contributed by atoms with Gasteiger partial charge in [0.25, 0.3) is 0 Å². The van der Waals surface area contributed by atoms with E-state index in [0.717, 1.165) is 49.5 Å². The summed E-state index contributed by atoms with van der Waals surface area (Å²) in [5.74, 6) is -0.744. The first-order chi connectivity index (χ1) is 12.5. The van der Waals surface area contributed by atoms with Crippen molar-refractivity contribution >= 4 is 29.3 Å². The number of likely N-dealkylation sites (tertiary alicyclic amines) is 1. The number of thioether (sulfide) groups is 1. The van der Waals surface area contributed by atoms with Crippen LogP contribution in [0.2, 0.25) is 0 Å². The number of anilines is 1. The molecular weight excluding hydrogens is 350 g/mol. The van der Waals surface area contributed by atoms with Gasteiger partial charge in [-0.05, 0) is 57.8 Å². The minimum absolute atomic E-state index is 0.0373. The largest absolute Gasteiger partial charge is 0.480 e. The number of nitrogens with one attached hydrogen (secondary N) is 1. The molecule has 2 rings (SSSR count). The number of likely N-dealkylation sites (N-methyl/N-ethyl adjacent to an activating group) is 1. The van der Waals surface area contributed by atoms with Gasteiger partial charge in [0.1, 0.15) is 0 Å². The summed E-state index contributed by atoms with van der Waals surface area (Å²) in [6.45, 7) is 2.69. The molecule has 1 aromatic carbocycles. The normalized spacial score (nSPS) is 18.5. The van der Waals surface area contributed by atoms with Gasteiger partial charge < -0.3 is 15.3 Å². The summed E-state index contributed by atoms with van der Waals surface area (Å²) in [4.78, 5) is 28.5. The Kier molecular flexibility index (Phi) is 8.41. The maximum absolute atomic E-state index is 12.3. The number of rotatable bonds is 8. The average Bonchev–Trinajstić information content (AvgIpc) is 2.85. The molecule has 1 saturated heterocycles. The van der Waals surface area contributed by atoms with Crippen LogP contribution in [0.15, 0.2) is 29.2 Å². The van der Waals surface area contributed by atoms with Gasteiger partial charge in [-0.25, -0.2) is 0 Å². The molecule has 1 unspecified atom stereocenters. The van der Waals surface area contributed by atoms with Gasteiger partial charge in [-0.1, -0.05) is 12.1 Å². The third-order valence-electron chi connectivity index (χ3n) is 4.83. The first-order valence-electron chi connectivity index (χ1n) is 9.07. The number of hydrogen-bond acceptors (Lipinski definition) is 5. The molecule has 1 amide bonds. The number of carbonyl (C=O) groups excluding carboxylic acids is 1. The topological polar surface area (TPSA) is 72.9 Å². The van der Waals surface area contributed by atoms with E-state index in [4.69, 9.17) is 5.11 Å². The number of carboxylic acid groups (broad SMARTS) is 1. The Hall–Kier alpha value is -1.57. The predicted octanol–water partition coefficient (Wildman–Crippen LogP) is 2.61. The van der Waals surface area contributed by atoms with E-state index in [2.05, 4.69) is 10.2 Å². The quantitative estimate of drug-likeness (QED) is 0.677. The van der Waals surface area contributed by atoms with Crippen molar-refractivity contribution in [3.8, 4) is 0 Å². The van der Waals surface area contributed by atoms with Crippen LogP contribution < -0.4 is 5.32 Å². The van der Waals surface area contributed by atoms with Gasteiger partial charge in [-0.3, -0.25) is 14.5 Å². The Morgan fingerprint density at radius 3 is 2.81 bits per heavy atom. The summed E-state index contributed by atoms with van der Waals surface area (Å²) in [7, 11) is 1.88. The summed E-state index contributed by atoms with van der Waals surface area (Å²) in [5.41, 5.74) is 0.872. The van der Waals surface area contributed by atoms with Gasteiger partial charge in [0.15, 0.2) is 0 Å². The van der Waals surface area contributed by atoms with Gasteiger partial charge in [-0.15, -0.1) is 11.8 Å². The molecule has 144 valence electrons. The summed E-state index contributed by atoms with van der Waals surface area (Å²) >= 11 is 1.62. The zero-order valence-corrected chi connectivity index (χ0v) is 16.4. The van der Waals surface area contributed by atoms with Gasteiger partial charge in [0.05, 0.1) is 12.2 Å². The van der Waals surface area contributed by atoms with Crippen molar-refractivity contribution in [2.45, 2.75) is 36.6 Å². The molecule has 26 heavy (non-hydrogen) atoms. The highest BCUT2D eigenvalue weighted by atomic mass is 32.2. The highest BCUT2D eigenvalue weighted by Crippen LogP contribution is 2.24. The zero-order valence-electron chi connectivity index (χ0n) is 15.6. The second-order valence-corrected chi connectivity index (χ2v) is 7.58. The van der Waals surface area contributed by atoms with Crippen LogP contribution in [0.4, 0.5) is 5.69 Å². The van der Waals surface area contributed by atoms with Gasteiger partial charge >= 0.3 is 5.97 Å². The second-order valence-electron chi connectivity index (χ2n) is 6.73. The van der Waals surface area contributed by atoms with Gasteiger partial charge in [0, 0.05) is 23.9 Å². The molecule has 0 aliphatic carbocycles. The molecule has 1 aliphatic rings. The van der Waals surface area contributed by atoms with Crippen LogP contribution >= 0.6 is 11.8 Å². The van der Waals surface area contributed by atoms with Crippen LogP contribution in [0.25, 0.3) is 0 Å². The third kappa shape index (κ3) is 6.63. The van der Waals surface area contributed by atoms with E-state index in [1.807, 2.05) is 42.5 Å². The number of carboxylic acids is 1. The molecule has 1 heterocycles. The van der Waals surface area contributed by atoms with Crippen molar-refractivity contribution < 1.29 is 14.7 Å². The van der Waals surface area contributed by atoms with E-state index >= 15 is 0 Å². The Bertz CT molecular complexity index is 611. The molecule has 7 heteroatoms. The van der Waals surface area contributed by atoms with E-state index in [0.29, 0.717) is 12.5 Å². The molecule has 1 atom stereocenters. The van der Waals surface area contributed by atoms with E-state index in [9.17, 15) is 9.59 Å². The van der Waals surface area contributed by atoms with Crippen LogP contribution in [0.3, 0.4) is 0 Å². The minimum atomic E-state index is -0.782. The van der Waals surface area contributed by atoms with Crippen LogP contribution in [-0.4, -0.2) is 72.3 Å². The lowest BCUT2D eigenvalue weighted by molar-refractivity contribution is -0.138. The molecule has 6 nitrogen and oxygen atoms in total. The van der Waals surface area contributed by atoms with Crippen molar-refractivity contribution in [1.82, 2.24) is 9.80 Å². The Balaban J connectivity index is 1.77. The van der Waals surface area contributed by atoms with Gasteiger partial charge in [0.2, 0.25) is 5.91 Å². The molecule has 0 bridgehead atoms. The molecule has 1 aliphatic heterocycles. The highest BCUT2D eigenvalue weighted by Gasteiger charge is 2.22. The maximum atomic E-state index is 12.3. The Morgan fingerprint density at radius 2 is 2.08 bits per heavy atom. The SMILES string of the molecule is CSc1ccccc1NC(=O)CCN1CCCC(N(C)CC(=O)O)CC1. The number of aliphatic carboxylic acids is 1. The number of amides is 1. The molecule has 1 fully saturated rings. The predicted molar refractivity (Wildman–Crippen MR) is 106 cm³/mol. The Morgan fingerprint density at radius 1 is 1.31 bits per heavy atom. The number of hydrogen-bond donors (Lipinski definition) is 2. The fourth-order valence-electron chi connectivity index (χ4n) is 3.37. The number of para-hydroxylation sites is 1. The van der Waals surface area contributed by atoms with E-state index in [-0.39, 0.29) is 12.5 Å². The van der Waals surface area contributed by atoms with Crippen LogP contribution in [0.5, 0.6) is 0 Å². The molecule has 1 aromatic rings. The number of carbonyl (C=O) groups is 2. The molecule has 0 saturated carbocycles. The van der Waals surface area contributed by atoms with E-state index < -0.39 is 5.97 Å². The lowest BCUT2D eigenvalue weighted by Gasteiger charge is -2.25. The van der Waals surface area contributed by atoms with Crippen LogP contribution in [-0.2, 0) is 9.59 Å². The first-order valence-corrected chi connectivity index (χ1v) is 10.3. The lowest BCUT2D eigenvalue weighted by atomic mass is 10.1.